The van der Waals surface area contributed by atoms with Crippen LogP contribution in [0.2, 0.25) is 0 Å². The van der Waals surface area contributed by atoms with Crippen molar-refractivity contribution in [2.24, 2.45) is 0 Å². The lowest BCUT2D eigenvalue weighted by atomic mass is 9.96. The Labute approximate surface area is 245 Å². The zero-order valence-corrected chi connectivity index (χ0v) is 25.0. The number of methoxy groups -OCH3 is 1. The van der Waals surface area contributed by atoms with Crippen LogP contribution in [-0.2, 0) is 32.1 Å². The van der Waals surface area contributed by atoms with Crippen LogP contribution in [0, 0.1) is 6.92 Å². The number of benzene rings is 2. The minimum Gasteiger partial charge on any atom is -0.453 e. The fourth-order valence-electron chi connectivity index (χ4n) is 4.79. The van der Waals surface area contributed by atoms with E-state index in [0.29, 0.717) is 6.54 Å². The number of hydrogen-bond acceptors (Lipinski definition) is 7. The van der Waals surface area contributed by atoms with Crippen molar-refractivity contribution in [3.63, 3.8) is 0 Å². The van der Waals surface area contributed by atoms with Crippen molar-refractivity contribution in [2.75, 3.05) is 13.0 Å². The van der Waals surface area contributed by atoms with E-state index in [0.717, 1.165) is 16.7 Å². The van der Waals surface area contributed by atoms with Gasteiger partial charge in [0.2, 0.25) is 11.8 Å². The summed E-state index contributed by atoms with van der Waals surface area (Å²) in [6.45, 7) is 7.78. The molecule has 4 N–H and O–H groups in total. The van der Waals surface area contributed by atoms with Gasteiger partial charge in [0, 0.05) is 11.3 Å². The Morgan fingerprint density at radius 3 is 2.37 bits per heavy atom. The van der Waals surface area contributed by atoms with E-state index in [4.69, 9.17) is 0 Å². The number of nitrogens with zero attached hydrogens (tertiary/aromatic N) is 1. The molecular formula is C30H40N4O6S. The molecule has 1 fully saturated rings. The van der Waals surface area contributed by atoms with Crippen molar-refractivity contribution in [3.8, 4) is 0 Å². The van der Waals surface area contributed by atoms with Crippen molar-refractivity contribution < 1.29 is 29.0 Å². The summed E-state index contributed by atoms with van der Waals surface area (Å²) in [6, 6.07) is 14.1. The number of alkyl carbamates (subject to hydrolysis) is 1. The number of thioether (sulfide) groups is 1. The lowest BCUT2D eigenvalue weighted by molar-refractivity contribution is -0.148. The van der Waals surface area contributed by atoms with Crippen molar-refractivity contribution in [3.05, 3.63) is 71.3 Å². The maximum Gasteiger partial charge on any atom is 0.407 e. The van der Waals surface area contributed by atoms with Gasteiger partial charge in [0.1, 0.15) is 12.1 Å². The van der Waals surface area contributed by atoms with Crippen molar-refractivity contribution in [2.45, 2.75) is 76.1 Å². The molecular weight excluding hydrogens is 544 g/mol. The fourth-order valence-corrected chi connectivity index (χ4v) is 5.93. The predicted octanol–water partition coefficient (Wildman–Crippen LogP) is 2.51. The van der Waals surface area contributed by atoms with Gasteiger partial charge in [-0.05, 0) is 50.3 Å². The van der Waals surface area contributed by atoms with Gasteiger partial charge >= 0.3 is 6.09 Å². The first kappa shape index (κ1) is 32.0. The van der Waals surface area contributed by atoms with E-state index >= 15 is 0 Å². The van der Waals surface area contributed by atoms with Crippen molar-refractivity contribution in [1.29, 1.82) is 0 Å². The van der Waals surface area contributed by atoms with Crippen LogP contribution in [-0.4, -0.2) is 75.8 Å². The van der Waals surface area contributed by atoms with E-state index in [1.807, 2.05) is 75.4 Å². The summed E-state index contributed by atoms with van der Waals surface area (Å²) in [4.78, 5) is 53.5. The summed E-state index contributed by atoms with van der Waals surface area (Å²) >= 11 is 1.45. The molecule has 1 aliphatic rings. The highest BCUT2D eigenvalue weighted by Gasteiger charge is 2.49. The highest BCUT2D eigenvalue weighted by atomic mass is 32.2. The van der Waals surface area contributed by atoms with Crippen molar-refractivity contribution >= 4 is 35.6 Å². The number of aliphatic hydroxyl groups excluding tert-OH is 1. The molecule has 41 heavy (non-hydrogen) atoms. The summed E-state index contributed by atoms with van der Waals surface area (Å²) in [5.74, 6) is -1.33. The Balaban J connectivity index is 1.81. The Kier molecular flexibility index (Phi) is 11.2. The van der Waals surface area contributed by atoms with Crippen molar-refractivity contribution in [1.82, 2.24) is 20.9 Å². The Hall–Kier alpha value is -3.57. The number of aryl methyl sites for hydroxylation is 1. The first-order valence-corrected chi connectivity index (χ1v) is 14.6. The summed E-state index contributed by atoms with van der Waals surface area (Å²) < 4.78 is 4.00. The molecule has 0 radical (unpaired) electrons. The largest absolute Gasteiger partial charge is 0.453 e. The van der Waals surface area contributed by atoms with Crippen LogP contribution in [0.4, 0.5) is 4.79 Å². The average Bonchev–Trinajstić information content (AvgIpc) is 3.29. The van der Waals surface area contributed by atoms with Gasteiger partial charge in [0.15, 0.2) is 6.10 Å². The Bertz CT molecular complexity index is 1220. The number of carbonyl (C=O) groups is 4. The maximum atomic E-state index is 13.8. The zero-order valence-electron chi connectivity index (χ0n) is 24.2. The molecule has 0 spiro atoms. The minimum atomic E-state index is -1.64. The molecule has 10 nitrogen and oxygen atoms in total. The second-order valence-electron chi connectivity index (χ2n) is 10.6. The maximum absolute atomic E-state index is 13.8. The number of hydrogen-bond donors (Lipinski definition) is 4. The summed E-state index contributed by atoms with van der Waals surface area (Å²) in [5, 5.41) is 19.6. The summed E-state index contributed by atoms with van der Waals surface area (Å²) in [6.07, 6.45) is -1.98. The molecule has 2 aromatic rings. The third-order valence-corrected chi connectivity index (χ3v) is 8.63. The molecule has 1 aliphatic heterocycles. The number of amides is 4. The standard InChI is InChI=1S/C30H40N4O6S/c1-6-22(33-29(39)40-5)26(36)32-23(16-20-13-8-7-9-14-20)24(35)28(38)34-18-41-30(3,4)25(34)27(37)31-17-21-15-11-10-12-19(21)2/h7-15,22-25,35H,6,16-18H2,1-5H3,(H,31,37)(H,32,36)(H,33,39)/t22?,23-,24-,25?/m0/s1. The normalized spacial score (nSPS) is 18.1. The van der Waals surface area contributed by atoms with Gasteiger partial charge in [-0.2, -0.15) is 0 Å². The third-order valence-electron chi connectivity index (χ3n) is 7.25. The zero-order chi connectivity index (χ0) is 30.2. The van der Waals surface area contributed by atoms with Gasteiger partial charge in [-0.3, -0.25) is 14.4 Å². The quantitative estimate of drug-likeness (QED) is 0.319. The van der Waals surface area contributed by atoms with Gasteiger partial charge in [0.05, 0.1) is 19.0 Å². The Morgan fingerprint density at radius 2 is 1.73 bits per heavy atom. The first-order chi connectivity index (χ1) is 19.5. The van der Waals surface area contributed by atoms with Crippen LogP contribution in [0.15, 0.2) is 54.6 Å². The van der Waals surface area contributed by atoms with Gasteiger partial charge in [-0.1, -0.05) is 61.5 Å². The molecule has 1 heterocycles. The minimum absolute atomic E-state index is 0.155. The first-order valence-electron chi connectivity index (χ1n) is 13.6. The topological polar surface area (TPSA) is 137 Å². The van der Waals surface area contributed by atoms with Gasteiger partial charge < -0.3 is 30.7 Å². The molecule has 0 saturated carbocycles. The summed E-state index contributed by atoms with van der Waals surface area (Å²) in [5.41, 5.74) is 2.81. The van der Waals surface area contributed by atoms with E-state index < -0.39 is 46.9 Å². The lowest BCUT2D eigenvalue weighted by Gasteiger charge is -2.33. The molecule has 2 unspecified atom stereocenters. The molecule has 3 rings (SSSR count). The van der Waals surface area contributed by atoms with Crippen LogP contribution in [0.3, 0.4) is 0 Å². The Morgan fingerprint density at radius 1 is 1.07 bits per heavy atom. The molecule has 4 amide bonds. The van der Waals surface area contributed by atoms with Gasteiger partial charge in [-0.15, -0.1) is 11.8 Å². The van der Waals surface area contributed by atoms with Crippen LogP contribution >= 0.6 is 11.8 Å². The smallest absolute Gasteiger partial charge is 0.407 e. The second-order valence-corrected chi connectivity index (χ2v) is 12.2. The average molecular weight is 585 g/mol. The number of carbonyl (C=O) groups excluding carboxylic acids is 4. The molecule has 0 aliphatic carbocycles. The monoisotopic (exact) mass is 584 g/mol. The van der Waals surface area contributed by atoms with E-state index in [1.54, 1.807) is 6.92 Å². The lowest BCUT2D eigenvalue weighted by Crippen LogP contribution is -2.60. The van der Waals surface area contributed by atoms with Crippen LogP contribution in [0.5, 0.6) is 0 Å². The van der Waals surface area contributed by atoms with Crippen LogP contribution in [0.1, 0.15) is 43.9 Å². The predicted molar refractivity (Wildman–Crippen MR) is 158 cm³/mol. The number of ether oxygens (including phenoxy) is 1. The van der Waals surface area contributed by atoms with E-state index in [1.165, 1.54) is 23.8 Å². The SMILES string of the molecule is CCC(NC(=O)OC)C(=O)N[C@@H](Cc1ccccc1)[C@H](O)C(=O)N1CSC(C)(C)C1C(=O)NCc1ccccc1C. The molecule has 11 heteroatoms. The highest BCUT2D eigenvalue weighted by Crippen LogP contribution is 2.40. The molecule has 222 valence electrons. The molecule has 2 aromatic carbocycles. The van der Waals surface area contributed by atoms with Crippen LogP contribution < -0.4 is 16.0 Å². The molecule has 0 aromatic heterocycles. The highest BCUT2D eigenvalue weighted by molar-refractivity contribution is 8.00. The molecule has 4 atom stereocenters. The van der Waals surface area contributed by atoms with Crippen LogP contribution in [0.25, 0.3) is 0 Å². The van der Waals surface area contributed by atoms with E-state index in [9.17, 15) is 24.3 Å². The van der Waals surface area contributed by atoms with E-state index in [-0.39, 0.29) is 24.6 Å². The number of aliphatic hydroxyl groups is 1. The van der Waals surface area contributed by atoms with Gasteiger partial charge in [-0.25, -0.2) is 4.79 Å². The molecule has 0 bridgehead atoms. The number of rotatable bonds is 11. The van der Waals surface area contributed by atoms with Gasteiger partial charge in [0.25, 0.3) is 5.91 Å². The molecule has 1 saturated heterocycles. The second kappa shape index (κ2) is 14.4. The third kappa shape index (κ3) is 8.23. The fraction of sp³-hybridized carbons (Fsp3) is 0.467. The van der Waals surface area contributed by atoms with E-state index in [2.05, 4.69) is 20.7 Å². The number of nitrogens with one attached hydrogen (secondary N) is 3. The summed E-state index contributed by atoms with van der Waals surface area (Å²) in [7, 11) is 1.20.